The van der Waals surface area contributed by atoms with Crippen LogP contribution in [0.5, 0.6) is 0 Å². The fourth-order valence-corrected chi connectivity index (χ4v) is 1.60. The normalized spacial score (nSPS) is 10.5. The Balaban J connectivity index is 2.22. The van der Waals surface area contributed by atoms with E-state index in [0.717, 1.165) is 12.6 Å². The summed E-state index contributed by atoms with van der Waals surface area (Å²) >= 11 is 0. The third kappa shape index (κ3) is 2.61. The maximum Gasteiger partial charge on any atom is 0.203 e. The molecule has 0 aliphatic heterocycles. The van der Waals surface area contributed by atoms with Gasteiger partial charge in [-0.25, -0.2) is 13.8 Å². The molecule has 0 aliphatic carbocycles. The number of hydrogen-bond donors (Lipinski definition) is 1. The molecule has 0 saturated carbocycles. The van der Waals surface area contributed by atoms with E-state index in [1.54, 1.807) is 17.0 Å². The summed E-state index contributed by atoms with van der Waals surface area (Å²) in [5.74, 6) is -0.429. The second-order valence-electron chi connectivity index (χ2n) is 3.64. The van der Waals surface area contributed by atoms with Crippen molar-refractivity contribution >= 4 is 5.95 Å². The van der Waals surface area contributed by atoms with Gasteiger partial charge in [0.2, 0.25) is 5.95 Å². The summed E-state index contributed by atoms with van der Waals surface area (Å²) in [6, 6.07) is 3.59. The van der Waals surface area contributed by atoms with E-state index in [2.05, 4.69) is 10.3 Å². The van der Waals surface area contributed by atoms with E-state index in [1.165, 1.54) is 12.1 Å². The van der Waals surface area contributed by atoms with Gasteiger partial charge in [-0.1, -0.05) is 6.07 Å². The molecule has 1 N–H and O–H groups in total. The lowest BCUT2D eigenvalue weighted by Gasteiger charge is -2.09. The van der Waals surface area contributed by atoms with Crippen molar-refractivity contribution in [2.75, 3.05) is 11.9 Å². The predicted molar refractivity (Wildman–Crippen MR) is 61.9 cm³/mol. The first-order chi connectivity index (χ1) is 8.20. The van der Waals surface area contributed by atoms with Crippen molar-refractivity contribution < 1.29 is 8.78 Å². The molecule has 17 heavy (non-hydrogen) atoms. The first-order valence-corrected chi connectivity index (χ1v) is 5.39. The fourth-order valence-electron chi connectivity index (χ4n) is 1.60. The van der Waals surface area contributed by atoms with Gasteiger partial charge in [-0.15, -0.1) is 0 Å². The van der Waals surface area contributed by atoms with Crippen LogP contribution in [0.25, 0.3) is 0 Å². The Morgan fingerprint density at radius 2 is 2.18 bits per heavy atom. The molecule has 90 valence electrons. The van der Waals surface area contributed by atoms with Gasteiger partial charge in [0.15, 0.2) is 0 Å². The Morgan fingerprint density at radius 3 is 2.88 bits per heavy atom. The van der Waals surface area contributed by atoms with Gasteiger partial charge in [0.25, 0.3) is 0 Å². The van der Waals surface area contributed by atoms with E-state index in [9.17, 15) is 8.78 Å². The maximum atomic E-state index is 13.5. The SMILES string of the molecule is CCNc1nccn1Cc1ccc(F)cc1F. The number of aromatic nitrogens is 2. The van der Waals surface area contributed by atoms with Crippen LogP contribution in [-0.4, -0.2) is 16.1 Å². The molecule has 1 aromatic heterocycles. The summed E-state index contributed by atoms with van der Waals surface area (Å²) in [7, 11) is 0. The van der Waals surface area contributed by atoms with E-state index < -0.39 is 11.6 Å². The molecule has 0 bridgehead atoms. The molecule has 5 heteroatoms. The number of nitrogens with one attached hydrogen (secondary N) is 1. The molecule has 0 fully saturated rings. The first kappa shape index (κ1) is 11.6. The van der Waals surface area contributed by atoms with Crippen molar-refractivity contribution in [2.24, 2.45) is 0 Å². The average Bonchev–Trinajstić information content (AvgIpc) is 2.71. The molecule has 0 spiro atoms. The standard InChI is InChI=1S/C12H13F2N3/c1-2-15-12-16-5-6-17(12)8-9-3-4-10(13)7-11(9)14/h3-7H,2,8H2,1H3,(H,15,16). The largest absolute Gasteiger partial charge is 0.356 e. The van der Waals surface area contributed by atoms with Crippen molar-refractivity contribution in [1.29, 1.82) is 0 Å². The van der Waals surface area contributed by atoms with Crippen LogP contribution in [0.1, 0.15) is 12.5 Å². The number of hydrogen-bond acceptors (Lipinski definition) is 2. The number of nitrogens with zero attached hydrogens (tertiary/aromatic N) is 2. The molecule has 3 nitrogen and oxygen atoms in total. The Labute approximate surface area is 98.1 Å². The van der Waals surface area contributed by atoms with Crippen LogP contribution >= 0.6 is 0 Å². The number of anilines is 1. The van der Waals surface area contributed by atoms with Gasteiger partial charge >= 0.3 is 0 Å². The number of rotatable bonds is 4. The molecule has 2 rings (SSSR count). The molecule has 2 aromatic rings. The minimum absolute atomic E-state index is 0.328. The lowest BCUT2D eigenvalue weighted by Crippen LogP contribution is -2.08. The highest BCUT2D eigenvalue weighted by atomic mass is 19.1. The molecule has 0 saturated heterocycles. The van der Waals surface area contributed by atoms with E-state index >= 15 is 0 Å². The first-order valence-electron chi connectivity index (χ1n) is 5.39. The van der Waals surface area contributed by atoms with Gasteiger partial charge in [-0.2, -0.15) is 0 Å². The molecule has 0 aliphatic rings. The van der Waals surface area contributed by atoms with Crippen LogP contribution in [0.3, 0.4) is 0 Å². The number of benzene rings is 1. The summed E-state index contributed by atoms with van der Waals surface area (Å²) in [5, 5.41) is 3.06. The Morgan fingerprint density at radius 1 is 1.35 bits per heavy atom. The van der Waals surface area contributed by atoms with Crippen LogP contribution in [0.2, 0.25) is 0 Å². The summed E-state index contributed by atoms with van der Waals surface area (Å²) < 4.78 is 28.0. The highest BCUT2D eigenvalue weighted by molar-refractivity contribution is 5.28. The molecule has 1 aromatic carbocycles. The van der Waals surface area contributed by atoms with Crippen LogP contribution < -0.4 is 5.32 Å². The van der Waals surface area contributed by atoms with Gasteiger partial charge in [-0.3, -0.25) is 0 Å². The van der Waals surface area contributed by atoms with Gasteiger partial charge in [-0.05, 0) is 13.0 Å². The van der Waals surface area contributed by atoms with E-state index in [-0.39, 0.29) is 0 Å². The minimum atomic E-state index is -0.566. The van der Waals surface area contributed by atoms with Gasteiger partial charge in [0.05, 0.1) is 6.54 Å². The molecule has 0 unspecified atom stereocenters. The topological polar surface area (TPSA) is 29.9 Å². The predicted octanol–water partition coefficient (Wildman–Crippen LogP) is 2.64. The fraction of sp³-hybridized carbons (Fsp3) is 0.250. The molecule has 0 atom stereocenters. The summed E-state index contributed by atoms with van der Waals surface area (Å²) in [4.78, 5) is 4.10. The highest BCUT2D eigenvalue weighted by Gasteiger charge is 2.07. The average molecular weight is 237 g/mol. The molecule has 1 heterocycles. The van der Waals surface area contributed by atoms with E-state index in [0.29, 0.717) is 18.1 Å². The van der Waals surface area contributed by atoms with Gasteiger partial charge in [0, 0.05) is 30.6 Å². The molecule has 0 amide bonds. The third-order valence-corrected chi connectivity index (χ3v) is 2.41. The van der Waals surface area contributed by atoms with Gasteiger partial charge in [0.1, 0.15) is 11.6 Å². The van der Waals surface area contributed by atoms with Crippen molar-refractivity contribution in [1.82, 2.24) is 9.55 Å². The van der Waals surface area contributed by atoms with Crippen LogP contribution in [0.4, 0.5) is 14.7 Å². The van der Waals surface area contributed by atoms with E-state index in [1.807, 2.05) is 6.92 Å². The smallest absolute Gasteiger partial charge is 0.203 e. The van der Waals surface area contributed by atoms with Crippen LogP contribution in [0.15, 0.2) is 30.6 Å². The zero-order valence-corrected chi connectivity index (χ0v) is 9.45. The zero-order valence-electron chi connectivity index (χ0n) is 9.45. The molecular weight excluding hydrogens is 224 g/mol. The quantitative estimate of drug-likeness (QED) is 0.885. The van der Waals surface area contributed by atoms with Crippen molar-refractivity contribution in [3.05, 3.63) is 47.8 Å². The second kappa shape index (κ2) is 4.95. The number of imidazole rings is 1. The highest BCUT2D eigenvalue weighted by Crippen LogP contribution is 2.13. The zero-order chi connectivity index (χ0) is 12.3. The third-order valence-electron chi connectivity index (χ3n) is 2.41. The van der Waals surface area contributed by atoms with Crippen LogP contribution in [0, 0.1) is 11.6 Å². The van der Waals surface area contributed by atoms with E-state index in [4.69, 9.17) is 0 Å². The van der Waals surface area contributed by atoms with Crippen molar-refractivity contribution in [3.8, 4) is 0 Å². The Hall–Kier alpha value is -1.91. The maximum absolute atomic E-state index is 13.5. The second-order valence-corrected chi connectivity index (χ2v) is 3.64. The summed E-state index contributed by atoms with van der Waals surface area (Å²) in [6.45, 7) is 3.02. The summed E-state index contributed by atoms with van der Waals surface area (Å²) in [6.07, 6.45) is 3.39. The lowest BCUT2D eigenvalue weighted by molar-refractivity contribution is 0.566. The Kier molecular flexibility index (Phi) is 3.37. The van der Waals surface area contributed by atoms with Crippen LogP contribution in [-0.2, 0) is 6.54 Å². The van der Waals surface area contributed by atoms with Crippen molar-refractivity contribution in [2.45, 2.75) is 13.5 Å². The number of halogens is 2. The van der Waals surface area contributed by atoms with Crippen molar-refractivity contribution in [3.63, 3.8) is 0 Å². The van der Waals surface area contributed by atoms with Gasteiger partial charge < -0.3 is 9.88 Å². The molecule has 0 radical (unpaired) electrons. The minimum Gasteiger partial charge on any atom is -0.356 e. The monoisotopic (exact) mass is 237 g/mol. The Bertz CT molecular complexity index is 508. The molecular formula is C12H13F2N3. The summed E-state index contributed by atoms with van der Waals surface area (Å²) in [5.41, 5.74) is 0.434. The lowest BCUT2D eigenvalue weighted by atomic mass is 10.2.